The molecule has 1 aliphatic rings. The maximum atomic E-state index is 12.8. The predicted octanol–water partition coefficient (Wildman–Crippen LogP) is 2.96. The largest absolute Gasteiger partial charge is 0.459 e. The molecule has 4 rings (SSSR count). The molecule has 35 heavy (non-hydrogen) atoms. The quantitative estimate of drug-likeness (QED) is 0.357. The van der Waals surface area contributed by atoms with Crippen molar-refractivity contribution in [3.05, 3.63) is 89.9 Å². The Kier molecular flexibility index (Phi) is 7.42. The summed E-state index contributed by atoms with van der Waals surface area (Å²) in [4.78, 5) is 37.9. The van der Waals surface area contributed by atoms with Gasteiger partial charge in [-0.25, -0.2) is 13.2 Å². The first-order valence-corrected chi connectivity index (χ1v) is 12.5. The number of ketones is 1. The molecule has 1 unspecified atom stereocenters. The van der Waals surface area contributed by atoms with Crippen molar-refractivity contribution < 1.29 is 32.0 Å². The molecule has 182 valence electrons. The molecular weight excluding hydrogens is 472 g/mol. The third kappa shape index (κ3) is 5.67. The van der Waals surface area contributed by atoms with Gasteiger partial charge in [-0.3, -0.25) is 9.59 Å². The molecular formula is C25H24N2O7S. The number of ether oxygens (including phenoxy) is 1. The lowest BCUT2D eigenvalue weighted by Crippen LogP contribution is -2.35. The minimum absolute atomic E-state index is 0.0266. The van der Waals surface area contributed by atoms with E-state index in [1.54, 1.807) is 36.4 Å². The van der Waals surface area contributed by atoms with Crippen LogP contribution in [0.4, 0.5) is 0 Å². The van der Waals surface area contributed by atoms with Gasteiger partial charge in [-0.15, -0.1) is 0 Å². The van der Waals surface area contributed by atoms with E-state index in [-0.39, 0.29) is 16.2 Å². The normalized spacial score (nSPS) is 14.9. The number of sulfonamides is 1. The lowest BCUT2D eigenvalue weighted by atomic mass is 10.1. The van der Waals surface area contributed by atoms with Crippen LogP contribution in [0.1, 0.15) is 45.4 Å². The van der Waals surface area contributed by atoms with E-state index in [1.165, 1.54) is 40.9 Å². The highest BCUT2D eigenvalue weighted by Gasteiger charge is 2.28. The van der Waals surface area contributed by atoms with Gasteiger partial charge in [0.15, 0.2) is 24.2 Å². The lowest BCUT2D eigenvalue weighted by molar-refractivity contribution is -0.145. The minimum Gasteiger partial charge on any atom is -0.459 e. The van der Waals surface area contributed by atoms with Crippen molar-refractivity contribution in [2.75, 3.05) is 19.7 Å². The van der Waals surface area contributed by atoms with Crippen molar-refractivity contribution in [3.63, 3.8) is 0 Å². The summed E-state index contributed by atoms with van der Waals surface area (Å²) in [6.45, 7) is 0.396. The Labute approximate surface area is 202 Å². The van der Waals surface area contributed by atoms with Crippen LogP contribution in [-0.4, -0.2) is 50.1 Å². The zero-order valence-electron chi connectivity index (χ0n) is 18.8. The summed E-state index contributed by atoms with van der Waals surface area (Å²) in [6.07, 6.45) is 2.99. The van der Waals surface area contributed by atoms with Gasteiger partial charge in [-0.05, 0) is 54.8 Å². The maximum absolute atomic E-state index is 12.8. The number of nitrogens with zero attached hydrogens (tertiary/aromatic N) is 1. The molecule has 0 bridgehead atoms. The Bertz CT molecular complexity index is 1280. The van der Waals surface area contributed by atoms with E-state index in [0.29, 0.717) is 18.7 Å². The molecule has 1 N–H and O–H groups in total. The number of hydrogen-bond acceptors (Lipinski definition) is 7. The number of furan rings is 1. The number of Topliss-reactive ketones (excluding diaryl/α,β-unsaturated/α-hetero) is 1. The highest BCUT2D eigenvalue weighted by atomic mass is 32.2. The van der Waals surface area contributed by atoms with Crippen LogP contribution in [0.25, 0.3) is 0 Å². The first-order valence-electron chi connectivity index (χ1n) is 11.1. The number of carbonyl (C=O) groups is 3. The number of benzene rings is 2. The molecule has 1 fully saturated rings. The van der Waals surface area contributed by atoms with Gasteiger partial charge in [0.25, 0.3) is 5.91 Å². The molecule has 1 aliphatic heterocycles. The second-order valence-electron chi connectivity index (χ2n) is 7.96. The van der Waals surface area contributed by atoms with Crippen molar-refractivity contribution in [2.45, 2.75) is 23.8 Å². The summed E-state index contributed by atoms with van der Waals surface area (Å²) in [7, 11) is -3.59. The van der Waals surface area contributed by atoms with E-state index in [9.17, 15) is 22.8 Å². The van der Waals surface area contributed by atoms with Gasteiger partial charge in [0.2, 0.25) is 10.0 Å². The van der Waals surface area contributed by atoms with E-state index in [2.05, 4.69) is 5.32 Å². The third-order valence-electron chi connectivity index (χ3n) is 5.61. The highest BCUT2D eigenvalue weighted by molar-refractivity contribution is 7.89. The Morgan fingerprint density at radius 1 is 0.943 bits per heavy atom. The summed E-state index contributed by atoms with van der Waals surface area (Å²) in [5.74, 6) is -1.91. The first-order chi connectivity index (χ1) is 16.9. The van der Waals surface area contributed by atoms with E-state index in [0.717, 1.165) is 12.8 Å². The minimum atomic E-state index is -3.59. The highest BCUT2D eigenvalue weighted by Crippen LogP contribution is 2.21. The fourth-order valence-electron chi connectivity index (χ4n) is 3.73. The fourth-order valence-corrected chi connectivity index (χ4v) is 5.24. The number of hydrogen-bond donors (Lipinski definition) is 1. The Morgan fingerprint density at radius 3 is 2.26 bits per heavy atom. The van der Waals surface area contributed by atoms with Crippen LogP contribution in [-0.2, 0) is 19.6 Å². The van der Waals surface area contributed by atoms with Gasteiger partial charge in [-0.2, -0.15) is 4.31 Å². The number of amides is 1. The molecule has 3 aromatic rings. The van der Waals surface area contributed by atoms with Gasteiger partial charge < -0.3 is 14.5 Å². The van der Waals surface area contributed by atoms with Crippen LogP contribution in [0, 0.1) is 0 Å². The third-order valence-corrected chi connectivity index (χ3v) is 7.53. The van der Waals surface area contributed by atoms with E-state index < -0.39 is 40.3 Å². The van der Waals surface area contributed by atoms with Crippen LogP contribution >= 0.6 is 0 Å². The second-order valence-corrected chi connectivity index (χ2v) is 9.90. The molecule has 2 aromatic carbocycles. The van der Waals surface area contributed by atoms with Gasteiger partial charge in [-0.1, -0.05) is 30.3 Å². The number of nitrogens with one attached hydrogen (secondary N) is 1. The summed E-state index contributed by atoms with van der Waals surface area (Å²) < 4.78 is 37.0. The summed E-state index contributed by atoms with van der Waals surface area (Å²) >= 11 is 0. The molecule has 1 atom stereocenters. The topological polar surface area (TPSA) is 123 Å². The standard InChI is InChI=1S/C25H24N2O7S/c28-21(18-10-12-20(13-11-18)35(31,32)27-14-4-5-15-27)17-34-25(30)23(19-7-2-1-3-8-19)26-24(29)22-9-6-16-33-22/h1-3,6-13,16,23H,4-5,14-15,17H2,(H,26,29). The molecule has 0 radical (unpaired) electrons. The summed E-state index contributed by atoms with van der Waals surface area (Å²) in [6, 6.07) is 15.9. The second kappa shape index (κ2) is 10.7. The Morgan fingerprint density at radius 2 is 1.63 bits per heavy atom. The number of esters is 1. The zero-order valence-corrected chi connectivity index (χ0v) is 19.6. The van der Waals surface area contributed by atoms with E-state index >= 15 is 0 Å². The van der Waals surface area contributed by atoms with Crippen LogP contribution in [0.5, 0.6) is 0 Å². The van der Waals surface area contributed by atoms with Crippen molar-refractivity contribution in [2.24, 2.45) is 0 Å². The molecule has 1 amide bonds. The van der Waals surface area contributed by atoms with Crippen molar-refractivity contribution in [1.29, 1.82) is 0 Å². The first kappa shape index (κ1) is 24.4. The monoisotopic (exact) mass is 496 g/mol. The fraction of sp³-hybridized carbons (Fsp3) is 0.240. The van der Waals surface area contributed by atoms with Crippen molar-refractivity contribution >= 4 is 27.7 Å². The molecule has 0 saturated carbocycles. The van der Waals surface area contributed by atoms with Gasteiger partial charge >= 0.3 is 5.97 Å². The van der Waals surface area contributed by atoms with Crippen LogP contribution < -0.4 is 5.32 Å². The Hall–Kier alpha value is -3.76. The molecule has 10 heteroatoms. The number of rotatable bonds is 9. The summed E-state index contributed by atoms with van der Waals surface area (Å²) in [5, 5.41) is 2.56. The molecule has 2 heterocycles. The van der Waals surface area contributed by atoms with Crippen molar-refractivity contribution in [3.8, 4) is 0 Å². The molecule has 1 aromatic heterocycles. The average molecular weight is 497 g/mol. The van der Waals surface area contributed by atoms with Crippen LogP contribution in [0.3, 0.4) is 0 Å². The van der Waals surface area contributed by atoms with Gasteiger partial charge in [0.05, 0.1) is 11.2 Å². The van der Waals surface area contributed by atoms with Gasteiger partial charge in [0.1, 0.15) is 0 Å². The number of carbonyl (C=O) groups excluding carboxylic acids is 3. The molecule has 0 spiro atoms. The van der Waals surface area contributed by atoms with Crippen molar-refractivity contribution in [1.82, 2.24) is 9.62 Å². The molecule has 9 nitrogen and oxygen atoms in total. The van der Waals surface area contributed by atoms with Gasteiger partial charge in [0, 0.05) is 18.7 Å². The smallest absolute Gasteiger partial charge is 0.333 e. The average Bonchev–Trinajstić information content (AvgIpc) is 3.61. The molecule has 1 saturated heterocycles. The summed E-state index contributed by atoms with van der Waals surface area (Å²) in [5.41, 5.74) is 0.676. The SMILES string of the molecule is O=C(COC(=O)C(NC(=O)c1ccco1)c1ccccc1)c1ccc(S(=O)(=O)N2CCCC2)cc1. The predicted molar refractivity (Wildman–Crippen MR) is 125 cm³/mol. The Balaban J connectivity index is 1.41. The maximum Gasteiger partial charge on any atom is 0.333 e. The van der Waals surface area contributed by atoms with Crippen LogP contribution in [0.15, 0.2) is 82.3 Å². The lowest BCUT2D eigenvalue weighted by Gasteiger charge is -2.17. The van der Waals surface area contributed by atoms with E-state index in [1.807, 2.05) is 0 Å². The zero-order chi connectivity index (χ0) is 24.8. The van der Waals surface area contributed by atoms with E-state index in [4.69, 9.17) is 9.15 Å². The molecule has 0 aliphatic carbocycles. The van der Waals surface area contributed by atoms with Crippen LogP contribution in [0.2, 0.25) is 0 Å².